The van der Waals surface area contributed by atoms with E-state index in [1.165, 1.54) is 0 Å². The van der Waals surface area contributed by atoms with Gasteiger partial charge in [-0.1, -0.05) is 12.1 Å². The summed E-state index contributed by atoms with van der Waals surface area (Å²) in [6.07, 6.45) is -0.991. The largest absolute Gasteiger partial charge is 0.444 e. The standard InChI is InChI=1S/C14H21NO3/c1-9-8-11(10(2)16)6-7-12(9)15-13(17)18-14(3,4)5/h6-8,10,16H,1-5H3,(H,15,17)/t10-/m1/s1. The van der Waals surface area contributed by atoms with Crippen LogP contribution in [0, 0.1) is 6.92 Å². The van der Waals surface area contributed by atoms with E-state index in [-0.39, 0.29) is 0 Å². The minimum atomic E-state index is -0.516. The lowest BCUT2D eigenvalue weighted by molar-refractivity contribution is 0.0636. The molecule has 4 nitrogen and oxygen atoms in total. The molecule has 0 aliphatic carbocycles. The second kappa shape index (κ2) is 5.40. The van der Waals surface area contributed by atoms with Crippen molar-refractivity contribution in [1.82, 2.24) is 0 Å². The Balaban J connectivity index is 2.77. The highest BCUT2D eigenvalue weighted by Crippen LogP contribution is 2.21. The summed E-state index contributed by atoms with van der Waals surface area (Å²) in [4.78, 5) is 11.6. The summed E-state index contributed by atoms with van der Waals surface area (Å²) >= 11 is 0. The molecule has 100 valence electrons. The molecule has 0 heterocycles. The first-order valence-corrected chi connectivity index (χ1v) is 5.97. The van der Waals surface area contributed by atoms with Crippen LogP contribution in [-0.2, 0) is 4.74 Å². The van der Waals surface area contributed by atoms with E-state index in [9.17, 15) is 9.90 Å². The molecule has 0 aromatic heterocycles. The van der Waals surface area contributed by atoms with Crippen LogP contribution in [0.2, 0.25) is 0 Å². The van der Waals surface area contributed by atoms with Crippen molar-refractivity contribution in [2.24, 2.45) is 0 Å². The van der Waals surface area contributed by atoms with E-state index in [4.69, 9.17) is 4.74 Å². The van der Waals surface area contributed by atoms with E-state index in [0.717, 1.165) is 11.1 Å². The minimum absolute atomic E-state index is 0.476. The number of rotatable bonds is 2. The summed E-state index contributed by atoms with van der Waals surface area (Å²) in [7, 11) is 0. The topological polar surface area (TPSA) is 58.6 Å². The second-order valence-corrected chi connectivity index (χ2v) is 5.38. The van der Waals surface area contributed by atoms with Crippen LogP contribution in [0.3, 0.4) is 0 Å². The fourth-order valence-electron chi connectivity index (χ4n) is 1.50. The number of benzene rings is 1. The van der Waals surface area contributed by atoms with Gasteiger partial charge in [-0.15, -0.1) is 0 Å². The molecule has 0 aliphatic heterocycles. The van der Waals surface area contributed by atoms with Crippen LogP contribution in [0.1, 0.15) is 44.9 Å². The highest BCUT2D eigenvalue weighted by molar-refractivity contribution is 5.85. The van der Waals surface area contributed by atoms with Crippen molar-refractivity contribution in [1.29, 1.82) is 0 Å². The maximum Gasteiger partial charge on any atom is 0.412 e. The van der Waals surface area contributed by atoms with Gasteiger partial charge in [0.25, 0.3) is 0 Å². The van der Waals surface area contributed by atoms with Crippen LogP contribution >= 0.6 is 0 Å². The predicted molar refractivity (Wildman–Crippen MR) is 71.7 cm³/mol. The molecule has 1 atom stereocenters. The normalized spacial score (nSPS) is 13.0. The molecule has 2 N–H and O–H groups in total. The van der Waals surface area contributed by atoms with Gasteiger partial charge in [0.05, 0.1) is 6.10 Å². The molecule has 0 saturated carbocycles. The Morgan fingerprint density at radius 2 is 2.00 bits per heavy atom. The monoisotopic (exact) mass is 251 g/mol. The summed E-state index contributed by atoms with van der Waals surface area (Å²) in [6.45, 7) is 9.02. The van der Waals surface area contributed by atoms with Gasteiger partial charge in [-0.2, -0.15) is 0 Å². The van der Waals surface area contributed by atoms with E-state index in [0.29, 0.717) is 5.69 Å². The maximum absolute atomic E-state index is 11.6. The van der Waals surface area contributed by atoms with Gasteiger partial charge in [0.15, 0.2) is 0 Å². The first kappa shape index (κ1) is 14.5. The second-order valence-electron chi connectivity index (χ2n) is 5.38. The molecule has 0 radical (unpaired) electrons. The molecule has 1 rings (SSSR count). The summed E-state index contributed by atoms with van der Waals surface area (Å²) in [6, 6.07) is 5.39. The van der Waals surface area contributed by atoms with Crippen LogP contribution in [0.5, 0.6) is 0 Å². The average molecular weight is 251 g/mol. The Bertz CT molecular complexity index is 433. The van der Waals surface area contributed by atoms with E-state index >= 15 is 0 Å². The molecule has 1 aromatic carbocycles. The van der Waals surface area contributed by atoms with Crippen molar-refractivity contribution in [2.45, 2.75) is 46.3 Å². The third-order valence-corrected chi connectivity index (χ3v) is 2.37. The Morgan fingerprint density at radius 1 is 1.39 bits per heavy atom. The van der Waals surface area contributed by atoms with Crippen LogP contribution in [-0.4, -0.2) is 16.8 Å². The van der Waals surface area contributed by atoms with Crippen LogP contribution < -0.4 is 5.32 Å². The molecular formula is C14H21NO3. The van der Waals surface area contributed by atoms with Crippen LogP contribution in [0.15, 0.2) is 18.2 Å². The number of nitrogens with one attached hydrogen (secondary N) is 1. The van der Waals surface area contributed by atoms with Crippen molar-refractivity contribution >= 4 is 11.8 Å². The summed E-state index contributed by atoms with van der Waals surface area (Å²) in [5.74, 6) is 0. The number of carbonyl (C=O) groups is 1. The lowest BCUT2D eigenvalue weighted by atomic mass is 10.1. The first-order chi connectivity index (χ1) is 8.19. The van der Waals surface area contributed by atoms with Gasteiger partial charge < -0.3 is 9.84 Å². The molecule has 0 unspecified atom stereocenters. The van der Waals surface area contributed by atoms with Gasteiger partial charge in [-0.3, -0.25) is 5.32 Å². The number of carbonyl (C=O) groups excluding carboxylic acids is 1. The molecule has 18 heavy (non-hydrogen) atoms. The molecule has 0 fully saturated rings. The molecule has 4 heteroatoms. The fraction of sp³-hybridized carbons (Fsp3) is 0.500. The number of ether oxygens (including phenoxy) is 1. The number of anilines is 1. The Kier molecular flexibility index (Phi) is 4.35. The SMILES string of the molecule is Cc1cc([C@@H](C)O)ccc1NC(=O)OC(C)(C)C. The van der Waals surface area contributed by atoms with Gasteiger partial charge in [0.1, 0.15) is 5.60 Å². The number of aliphatic hydroxyl groups excluding tert-OH is 1. The number of aryl methyl sites for hydroxylation is 1. The molecule has 1 aromatic rings. The van der Waals surface area contributed by atoms with Gasteiger partial charge in [-0.25, -0.2) is 4.79 Å². The van der Waals surface area contributed by atoms with Gasteiger partial charge in [0.2, 0.25) is 0 Å². The van der Waals surface area contributed by atoms with Crippen LogP contribution in [0.4, 0.5) is 10.5 Å². The molecule has 0 spiro atoms. The number of amides is 1. The van der Waals surface area contributed by atoms with Crippen molar-refractivity contribution < 1.29 is 14.6 Å². The van der Waals surface area contributed by atoms with Gasteiger partial charge >= 0.3 is 6.09 Å². The fourth-order valence-corrected chi connectivity index (χ4v) is 1.50. The summed E-state index contributed by atoms with van der Waals surface area (Å²) < 4.78 is 5.17. The smallest absolute Gasteiger partial charge is 0.412 e. The van der Waals surface area contributed by atoms with Gasteiger partial charge in [-0.05, 0) is 51.8 Å². The molecule has 0 aliphatic rings. The number of aliphatic hydroxyl groups is 1. The highest BCUT2D eigenvalue weighted by Gasteiger charge is 2.16. The molecule has 1 amide bonds. The Labute approximate surface area is 108 Å². The molecule has 0 saturated heterocycles. The Morgan fingerprint density at radius 3 is 2.44 bits per heavy atom. The number of hydrogen-bond acceptors (Lipinski definition) is 3. The Hall–Kier alpha value is -1.55. The molecule has 0 bridgehead atoms. The lowest BCUT2D eigenvalue weighted by Crippen LogP contribution is -2.27. The average Bonchev–Trinajstić information content (AvgIpc) is 2.17. The van der Waals surface area contributed by atoms with Crippen molar-refractivity contribution in [3.63, 3.8) is 0 Å². The lowest BCUT2D eigenvalue weighted by Gasteiger charge is -2.20. The van der Waals surface area contributed by atoms with E-state index in [1.54, 1.807) is 19.1 Å². The van der Waals surface area contributed by atoms with Crippen molar-refractivity contribution in [3.05, 3.63) is 29.3 Å². The third kappa shape index (κ3) is 4.37. The zero-order chi connectivity index (χ0) is 13.9. The van der Waals surface area contributed by atoms with Crippen molar-refractivity contribution in [3.8, 4) is 0 Å². The summed E-state index contributed by atoms with van der Waals surface area (Å²) in [5.41, 5.74) is 1.88. The van der Waals surface area contributed by atoms with E-state index in [2.05, 4.69) is 5.32 Å². The quantitative estimate of drug-likeness (QED) is 0.847. The zero-order valence-corrected chi connectivity index (χ0v) is 11.6. The van der Waals surface area contributed by atoms with Gasteiger partial charge in [0, 0.05) is 5.69 Å². The van der Waals surface area contributed by atoms with Crippen LogP contribution in [0.25, 0.3) is 0 Å². The number of hydrogen-bond donors (Lipinski definition) is 2. The predicted octanol–water partition coefficient (Wildman–Crippen LogP) is 3.40. The maximum atomic E-state index is 11.6. The van der Waals surface area contributed by atoms with Crippen molar-refractivity contribution in [2.75, 3.05) is 5.32 Å². The summed E-state index contributed by atoms with van der Waals surface area (Å²) in [5, 5.41) is 12.2. The minimum Gasteiger partial charge on any atom is -0.444 e. The van der Waals surface area contributed by atoms with E-state index < -0.39 is 17.8 Å². The van der Waals surface area contributed by atoms with E-state index in [1.807, 2.05) is 33.8 Å². The first-order valence-electron chi connectivity index (χ1n) is 5.97. The highest BCUT2D eigenvalue weighted by atomic mass is 16.6. The zero-order valence-electron chi connectivity index (χ0n) is 11.6. The molecular weight excluding hydrogens is 230 g/mol. The third-order valence-electron chi connectivity index (χ3n) is 2.37.